The fourth-order valence-corrected chi connectivity index (χ4v) is 6.11. The van der Waals surface area contributed by atoms with Gasteiger partial charge in [0, 0.05) is 12.8 Å². The summed E-state index contributed by atoms with van der Waals surface area (Å²) in [6, 6.07) is 0. The van der Waals surface area contributed by atoms with Gasteiger partial charge in [0.15, 0.2) is 6.10 Å². The Bertz CT molecular complexity index is 837. The molecule has 10 nitrogen and oxygen atoms in total. The predicted octanol–water partition coefficient (Wildman–Crippen LogP) is 9.03. The number of carbonyl (C=O) groups is 2. The van der Waals surface area contributed by atoms with E-state index in [0.717, 1.165) is 57.8 Å². The van der Waals surface area contributed by atoms with E-state index < -0.39 is 51.8 Å². The maximum atomic E-state index is 12.5. The van der Waals surface area contributed by atoms with Gasteiger partial charge in [0.05, 0.1) is 19.8 Å². The second kappa shape index (κ2) is 35.1. The summed E-state index contributed by atoms with van der Waals surface area (Å²) in [5, 5.41) is 18.2. The van der Waals surface area contributed by atoms with E-state index in [-0.39, 0.29) is 19.4 Å². The fourth-order valence-electron chi connectivity index (χ4n) is 5.33. The monoisotopic (exact) mass is 719 g/mol. The molecule has 0 rings (SSSR count). The first-order valence-corrected chi connectivity index (χ1v) is 21.1. The number of unbranched alkanes of at least 4 members (excludes halogenated alkanes) is 21. The van der Waals surface area contributed by atoms with Crippen LogP contribution in [0.25, 0.3) is 0 Å². The SMILES string of the molecule is CCCCCCCC/C=C\CCCCCCCC(=O)O[C@H](COC(=O)CCCCCCCCCCCCC)COP(=O)([O-])OC[C@@H](O)CO. The molecular formula is C38H72O10P-. The third-order valence-electron chi connectivity index (χ3n) is 8.41. The minimum Gasteiger partial charge on any atom is -0.756 e. The lowest BCUT2D eigenvalue weighted by molar-refractivity contribution is -0.230. The number of esters is 2. The number of hydrogen-bond donors (Lipinski definition) is 2. The van der Waals surface area contributed by atoms with Crippen molar-refractivity contribution in [2.45, 2.75) is 193 Å². The van der Waals surface area contributed by atoms with Gasteiger partial charge in [-0.25, -0.2) is 0 Å². The third-order valence-corrected chi connectivity index (χ3v) is 9.34. The zero-order valence-electron chi connectivity index (χ0n) is 31.1. The molecule has 11 heteroatoms. The van der Waals surface area contributed by atoms with Crippen LogP contribution in [0.15, 0.2) is 12.2 Å². The van der Waals surface area contributed by atoms with Gasteiger partial charge in [-0.2, -0.15) is 0 Å². The Balaban J connectivity index is 4.35. The van der Waals surface area contributed by atoms with Crippen LogP contribution in [0.4, 0.5) is 0 Å². The maximum absolute atomic E-state index is 12.5. The number of carbonyl (C=O) groups excluding carboxylic acids is 2. The Hall–Kier alpha value is -1.29. The first-order valence-electron chi connectivity index (χ1n) is 19.6. The van der Waals surface area contributed by atoms with E-state index in [9.17, 15) is 24.2 Å². The Morgan fingerprint density at radius 2 is 1.02 bits per heavy atom. The van der Waals surface area contributed by atoms with E-state index in [1.165, 1.54) is 83.5 Å². The minimum absolute atomic E-state index is 0.162. The van der Waals surface area contributed by atoms with Crippen molar-refractivity contribution in [2.24, 2.45) is 0 Å². The highest BCUT2D eigenvalue weighted by Crippen LogP contribution is 2.38. The van der Waals surface area contributed by atoms with Gasteiger partial charge in [0.1, 0.15) is 12.7 Å². The van der Waals surface area contributed by atoms with Crippen molar-refractivity contribution in [1.82, 2.24) is 0 Å². The molecule has 0 aliphatic carbocycles. The number of aliphatic hydroxyl groups is 2. The van der Waals surface area contributed by atoms with Gasteiger partial charge >= 0.3 is 11.9 Å². The van der Waals surface area contributed by atoms with E-state index in [1.54, 1.807) is 0 Å². The summed E-state index contributed by atoms with van der Waals surface area (Å²) in [7, 11) is -4.86. The number of rotatable bonds is 37. The van der Waals surface area contributed by atoms with Crippen LogP contribution in [0.2, 0.25) is 0 Å². The molecule has 0 heterocycles. The molecule has 0 aromatic heterocycles. The van der Waals surface area contributed by atoms with Crippen molar-refractivity contribution in [3.63, 3.8) is 0 Å². The summed E-state index contributed by atoms with van der Waals surface area (Å²) in [4.78, 5) is 36.9. The van der Waals surface area contributed by atoms with Crippen LogP contribution in [0.1, 0.15) is 181 Å². The second-order valence-electron chi connectivity index (χ2n) is 13.3. The van der Waals surface area contributed by atoms with E-state index >= 15 is 0 Å². The van der Waals surface area contributed by atoms with Crippen molar-refractivity contribution >= 4 is 19.8 Å². The second-order valence-corrected chi connectivity index (χ2v) is 14.7. The molecule has 1 unspecified atom stereocenters. The van der Waals surface area contributed by atoms with E-state index in [1.807, 2.05) is 0 Å². The normalized spacial score (nSPS) is 14.1. The van der Waals surface area contributed by atoms with Crippen molar-refractivity contribution in [3.8, 4) is 0 Å². The average molecular weight is 720 g/mol. The maximum Gasteiger partial charge on any atom is 0.306 e. The molecule has 0 aliphatic rings. The van der Waals surface area contributed by atoms with Gasteiger partial charge in [0.25, 0.3) is 7.82 Å². The Labute approximate surface area is 298 Å². The molecule has 0 bridgehead atoms. The van der Waals surface area contributed by atoms with Crippen LogP contribution in [0.3, 0.4) is 0 Å². The Morgan fingerprint density at radius 1 is 0.612 bits per heavy atom. The van der Waals surface area contributed by atoms with Gasteiger partial charge < -0.3 is 33.6 Å². The van der Waals surface area contributed by atoms with Crippen LogP contribution >= 0.6 is 7.82 Å². The molecule has 0 saturated heterocycles. The molecule has 0 aromatic rings. The smallest absolute Gasteiger partial charge is 0.306 e. The first-order chi connectivity index (χ1) is 23.7. The standard InChI is InChI=1S/C38H73O10P/c1-3-5-7-9-11-13-15-16-17-18-20-22-24-26-28-30-38(42)48-36(34-47-49(43,44)46-32-35(40)31-39)33-45-37(41)29-27-25-23-21-19-14-12-10-8-6-4-2/h16-17,35-36,39-40H,3-15,18-34H2,1-2H3,(H,43,44)/p-1/b17-16-/t35-,36+/m0/s1. The molecule has 0 amide bonds. The summed E-state index contributed by atoms with van der Waals surface area (Å²) in [5.41, 5.74) is 0. The first kappa shape index (κ1) is 47.7. The molecule has 290 valence electrons. The quantitative estimate of drug-likeness (QED) is 0.0275. The van der Waals surface area contributed by atoms with Crippen LogP contribution in [-0.2, 0) is 32.7 Å². The van der Waals surface area contributed by atoms with E-state index in [0.29, 0.717) is 12.8 Å². The average Bonchev–Trinajstić information content (AvgIpc) is 3.09. The van der Waals surface area contributed by atoms with E-state index in [2.05, 4.69) is 30.5 Å². The number of aliphatic hydroxyl groups excluding tert-OH is 2. The fraction of sp³-hybridized carbons (Fsp3) is 0.895. The van der Waals surface area contributed by atoms with Gasteiger partial charge in [0.2, 0.25) is 0 Å². The highest BCUT2D eigenvalue weighted by Gasteiger charge is 2.21. The zero-order valence-corrected chi connectivity index (χ0v) is 32.0. The predicted molar refractivity (Wildman–Crippen MR) is 194 cm³/mol. The topological polar surface area (TPSA) is 152 Å². The molecular weight excluding hydrogens is 647 g/mol. The lowest BCUT2D eigenvalue weighted by Crippen LogP contribution is -2.30. The zero-order chi connectivity index (χ0) is 36.3. The summed E-state index contributed by atoms with van der Waals surface area (Å²) in [6.07, 6.45) is 30.1. The molecule has 2 N–H and O–H groups in total. The number of phosphoric ester groups is 1. The lowest BCUT2D eigenvalue weighted by Gasteiger charge is -2.26. The number of allylic oxidation sites excluding steroid dienone is 2. The number of ether oxygens (including phenoxy) is 2. The summed E-state index contributed by atoms with van der Waals surface area (Å²) >= 11 is 0. The lowest BCUT2D eigenvalue weighted by atomic mass is 10.1. The molecule has 49 heavy (non-hydrogen) atoms. The highest BCUT2D eigenvalue weighted by molar-refractivity contribution is 7.45. The number of hydrogen-bond acceptors (Lipinski definition) is 10. The summed E-state index contributed by atoms with van der Waals surface area (Å²) in [6.45, 7) is 2.17. The van der Waals surface area contributed by atoms with Gasteiger partial charge in [-0.1, -0.05) is 142 Å². The number of phosphoric acid groups is 1. The summed E-state index contributed by atoms with van der Waals surface area (Å²) < 4.78 is 32.2. The van der Waals surface area contributed by atoms with Crippen molar-refractivity contribution in [1.29, 1.82) is 0 Å². The van der Waals surface area contributed by atoms with Crippen LogP contribution in [-0.4, -0.2) is 60.8 Å². The molecule has 0 aromatic carbocycles. The van der Waals surface area contributed by atoms with E-state index in [4.69, 9.17) is 19.1 Å². The molecule has 0 radical (unpaired) electrons. The van der Waals surface area contributed by atoms with Crippen LogP contribution < -0.4 is 4.89 Å². The molecule has 0 fully saturated rings. The van der Waals surface area contributed by atoms with Gasteiger partial charge in [-0.3, -0.25) is 14.2 Å². The van der Waals surface area contributed by atoms with Crippen molar-refractivity contribution < 1.29 is 47.8 Å². The highest BCUT2D eigenvalue weighted by atomic mass is 31.2. The van der Waals surface area contributed by atoms with Crippen LogP contribution in [0.5, 0.6) is 0 Å². The molecule has 0 aliphatic heterocycles. The molecule has 0 spiro atoms. The van der Waals surface area contributed by atoms with Crippen molar-refractivity contribution in [2.75, 3.05) is 26.4 Å². The molecule has 0 saturated carbocycles. The van der Waals surface area contributed by atoms with Crippen LogP contribution in [0, 0.1) is 0 Å². The van der Waals surface area contributed by atoms with Crippen molar-refractivity contribution in [3.05, 3.63) is 12.2 Å². The molecule has 3 atom stereocenters. The Morgan fingerprint density at radius 3 is 1.49 bits per heavy atom. The minimum atomic E-state index is -4.86. The largest absolute Gasteiger partial charge is 0.756 e. The van der Waals surface area contributed by atoms with Gasteiger partial charge in [-0.15, -0.1) is 0 Å². The Kier molecular flexibility index (Phi) is 34.2. The van der Waals surface area contributed by atoms with Gasteiger partial charge in [-0.05, 0) is 38.5 Å². The third kappa shape index (κ3) is 34.9. The summed E-state index contributed by atoms with van der Waals surface area (Å²) in [5.74, 6) is -0.966.